The van der Waals surface area contributed by atoms with Crippen LogP contribution in [0.15, 0.2) is 29.3 Å². The average molecular weight is 300 g/mol. The van der Waals surface area contributed by atoms with Gasteiger partial charge in [0.15, 0.2) is 5.15 Å². The monoisotopic (exact) mass is 299 g/mol. The maximum atomic E-state index is 11.9. The Morgan fingerprint density at radius 1 is 1.42 bits per heavy atom. The molecule has 0 fully saturated rings. The fraction of sp³-hybridized carbons (Fsp3) is 0.167. The van der Waals surface area contributed by atoms with Crippen LogP contribution in [0.1, 0.15) is 5.56 Å². The Balaban J connectivity index is 2.44. The highest BCUT2D eigenvalue weighted by atomic mass is 35.5. The smallest absolute Gasteiger partial charge is 0.278 e. The second-order valence-corrected chi connectivity index (χ2v) is 4.63. The summed E-state index contributed by atoms with van der Waals surface area (Å²) in [5.74, 6) is 0.629. The number of aromatic nitrogens is 2. The van der Waals surface area contributed by atoms with Crippen LogP contribution in [0.5, 0.6) is 5.75 Å². The maximum absolute atomic E-state index is 11.9. The van der Waals surface area contributed by atoms with E-state index in [2.05, 4.69) is 4.98 Å². The van der Waals surface area contributed by atoms with Gasteiger partial charge in [-0.1, -0.05) is 23.2 Å². The summed E-state index contributed by atoms with van der Waals surface area (Å²) in [6.45, 7) is 0.247. The molecule has 0 unspecified atom stereocenters. The zero-order chi connectivity index (χ0) is 14.0. The molecule has 0 aliphatic rings. The molecule has 1 heterocycles. The van der Waals surface area contributed by atoms with Crippen LogP contribution in [0.4, 0.5) is 5.69 Å². The molecule has 0 aliphatic carbocycles. The highest BCUT2D eigenvalue weighted by Gasteiger charge is 2.09. The summed E-state index contributed by atoms with van der Waals surface area (Å²) in [5.41, 5.74) is 5.82. The minimum absolute atomic E-state index is 0.000640. The molecule has 0 saturated heterocycles. The third-order valence-corrected chi connectivity index (χ3v) is 3.14. The van der Waals surface area contributed by atoms with E-state index in [1.165, 1.54) is 10.9 Å². The lowest BCUT2D eigenvalue weighted by molar-refractivity contribution is 0.408. The molecule has 2 N–H and O–H groups in total. The minimum Gasteiger partial charge on any atom is -0.496 e. The summed E-state index contributed by atoms with van der Waals surface area (Å²) in [6, 6.07) is 5.16. The van der Waals surface area contributed by atoms with Crippen LogP contribution in [-0.2, 0) is 6.54 Å². The highest BCUT2D eigenvalue weighted by Crippen LogP contribution is 2.23. The maximum Gasteiger partial charge on any atom is 0.278 e. The fourth-order valence-corrected chi connectivity index (χ4v) is 1.97. The van der Waals surface area contributed by atoms with Crippen molar-refractivity contribution in [1.29, 1.82) is 0 Å². The number of rotatable bonds is 3. The van der Waals surface area contributed by atoms with Gasteiger partial charge in [-0.3, -0.25) is 9.36 Å². The standard InChI is InChI=1S/C12H11Cl2N3O2/c1-19-9-3-2-8(13)4-7(9)5-17-6-16-11(14)10(15)12(17)18/h2-4,6H,5,15H2,1H3. The minimum atomic E-state index is -0.401. The summed E-state index contributed by atoms with van der Waals surface area (Å²) >= 11 is 11.6. The van der Waals surface area contributed by atoms with Crippen molar-refractivity contribution in [2.24, 2.45) is 0 Å². The molecule has 1 aromatic heterocycles. The molecule has 0 bridgehead atoms. The second kappa shape index (κ2) is 5.50. The fourth-order valence-electron chi connectivity index (χ4n) is 1.65. The Hall–Kier alpha value is -1.72. The molecule has 5 nitrogen and oxygen atoms in total. The largest absolute Gasteiger partial charge is 0.496 e. The van der Waals surface area contributed by atoms with Crippen molar-refractivity contribution in [3.8, 4) is 5.75 Å². The van der Waals surface area contributed by atoms with Crippen LogP contribution in [0.3, 0.4) is 0 Å². The van der Waals surface area contributed by atoms with Crippen molar-refractivity contribution in [2.45, 2.75) is 6.54 Å². The van der Waals surface area contributed by atoms with Gasteiger partial charge in [0.2, 0.25) is 0 Å². The number of anilines is 1. The summed E-state index contributed by atoms with van der Waals surface area (Å²) in [7, 11) is 1.55. The number of hydrogen-bond acceptors (Lipinski definition) is 4. The number of ether oxygens (including phenoxy) is 1. The van der Waals surface area contributed by atoms with Crippen molar-refractivity contribution >= 4 is 28.9 Å². The number of nitrogens with two attached hydrogens (primary N) is 1. The molecule has 0 atom stereocenters. The molecule has 2 aromatic rings. The number of nitrogen functional groups attached to an aromatic ring is 1. The van der Waals surface area contributed by atoms with E-state index >= 15 is 0 Å². The summed E-state index contributed by atoms with van der Waals surface area (Å²) in [4.78, 5) is 15.8. The van der Waals surface area contributed by atoms with Crippen LogP contribution in [0, 0.1) is 0 Å². The van der Waals surface area contributed by atoms with Crippen molar-refractivity contribution in [3.05, 3.63) is 50.6 Å². The topological polar surface area (TPSA) is 70.1 Å². The Morgan fingerprint density at radius 2 is 2.16 bits per heavy atom. The third kappa shape index (κ3) is 2.83. The molecule has 0 radical (unpaired) electrons. The first kappa shape index (κ1) is 13.7. The summed E-state index contributed by atoms with van der Waals surface area (Å²) < 4.78 is 6.56. The van der Waals surface area contributed by atoms with Crippen LogP contribution in [0.2, 0.25) is 10.2 Å². The van der Waals surface area contributed by atoms with E-state index in [-0.39, 0.29) is 17.4 Å². The first-order chi connectivity index (χ1) is 9.02. The molecule has 0 amide bonds. The molecular formula is C12H11Cl2N3O2. The van der Waals surface area contributed by atoms with Gasteiger partial charge in [0, 0.05) is 10.6 Å². The number of halogens is 2. The van der Waals surface area contributed by atoms with Crippen LogP contribution >= 0.6 is 23.2 Å². The molecule has 0 spiro atoms. The lowest BCUT2D eigenvalue weighted by Gasteiger charge is -2.11. The first-order valence-corrected chi connectivity index (χ1v) is 6.11. The van der Waals surface area contributed by atoms with Gasteiger partial charge in [-0.05, 0) is 18.2 Å². The van der Waals surface area contributed by atoms with E-state index in [0.717, 1.165) is 5.56 Å². The molecular weight excluding hydrogens is 289 g/mol. The van der Waals surface area contributed by atoms with Crippen molar-refractivity contribution in [3.63, 3.8) is 0 Å². The van der Waals surface area contributed by atoms with Crippen LogP contribution < -0.4 is 16.0 Å². The molecule has 2 rings (SSSR count). The Kier molecular flexibility index (Phi) is 3.97. The lowest BCUT2D eigenvalue weighted by atomic mass is 10.2. The van der Waals surface area contributed by atoms with Gasteiger partial charge in [0.05, 0.1) is 20.0 Å². The Labute approximate surface area is 119 Å². The predicted octanol–water partition coefficient (Wildman–Crippen LogP) is 2.19. The summed E-state index contributed by atoms with van der Waals surface area (Å²) in [6.07, 6.45) is 1.33. The van der Waals surface area contributed by atoms with Gasteiger partial charge in [0.1, 0.15) is 11.4 Å². The van der Waals surface area contributed by atoms with Crippen molar-refractivity contribution in [1.82, 2.24) is 9.55 Å². The third-order valence-electron chi connectivity index (χ3n) is 2.61. The van der Waals surface area contributed by atoms with Gasteiger partial charge in [-0.25, -0.2) is 4.98 Å². The lowest BCUT2D eigenvalue weighted by Crippen LogP contribution is -2.24. The average Bonchev–Trinajstić information content (AvgIpc) is 2.40. The molecule has 7 heteroatoms. The van der Waals surface area contributed by atoms with Gasteiger partial charge in [-0.2, -0.15) is 0 Å². The SMILES string of the molecule is COc1ccc(Cl)cc1Cn1cnc(Cl)c(N)c1=O. The zero-order valence-electron chi connectivity index (χ0n) is 10.1. The van der Waals surface area contributed by atoms with Gasteiger partial charge in [0.25, 0.3) is 5.56 Å². The number of benzene rings is 1. The second-order valence-electron chi connectivity index (χ2n) is 3.84. The zero-order valence-corrected chi connectivity index (χ0v) is 11.6. The van der Waals surface area contributed by atoms with Gasteiger partial charge < -0.3 is 10.5 Å². The van der Waals surface area contributed by atoms with E-state index < -0.39 is 5.56 Å². The first-order valence-electron chi connectivity index (χ1n) is 5.35. The number of methoxy groups -OCH3 is 1. The Bertz CT molecular complexity index is 671. The predicted molar refractivity (Wildman–Crippen MR) is 75.0 cm³/mol. The Morgan fingerprint density at radius 3 is 2.84 bits per heavy atom. The molecule has 0 saturated carbocycles. The van der Waals surface area contributed by atoms with Gasteiger partial charge in [-0.15, -0.1) is 0 Å². The number of nitrogens with zero attached hydrogens (tertiary/aromatic N) is 2. The number of hydrogen-bond donors (Lipinski definition) is 1. The molecule has 100 valence electrons. The quantitative estimate of drug-likeness (QED) is 0.882. The molecule has 19 heavy (non-hydrogen) atoms. The van der Waals surface area contributed by atoms with Gasteiger partial charge >= 0.3 is 0 Å². The van der Waals surface area contributed by atoms with E-state index in [9.17, 15) is 4.79 Å². The summed E-state index contributed by atoms with van der Waals surface area (Å²) in [5, 5.41) is 0.554. The van der Waals surface area contributed by atoms with Crippen LogP contribution in [0.25, 0.3) is 0 Å². The van der Waals surface area contributed by atoms with E-state index in [1.54, 1.807) is 25.3 Å². The van der Waals surface area contributed by atoms with Crippen molar-refractivity contribution < 1.29 is 4.74 Å². The van der Waals surface area contributed by atoms with E-state index in [4.69, 9.17) is 33.7 Å². The molecule has 0 aliphatic heterocycles. The normalized spacial score (nSPS) is 10.5. The van der Waals surface area contributed by atoms with E-state index in [0.29, 0.717) is 10.8 Å². The molecule has 1 aromatic carbocycles. The van der Waals surface area contributed by atoms with E-state index in [1.807, 2.05) is 0 Å². The van der Waals surface area contributed by atoms with Crippen molar-refractivity contribution in [2.75, 3.05) is 12.8 Å². The highest BCUT2D eigenvalue weighted by molar-refractivity contribution is 6.31. The van der Waals surface area contributed by atoms with Crippen LogP contribution in [-0.4, -0.2) is 16.7 Å².